The predicted molar refractivity (Wildman–Crippen MR) is 62.3 cm³/mol. The molecule has 2 rings (SSSR count). The van der Waals surface area contributed by atoms with E-state index < -0.39 is 0 Å². The molecule has 0 radical (unpaired) electrons. The SMILES string of the molecule is COC(=O)c1cc[nH]c1-c1ccc(C#N)cc1. The minimum absolute atomic E-state index is 0.384. The predicted octanol–water partition coefficient (Wildman–Crippen LogP) is 2.34. The zero-order valence-corrected chi connectivity index (χ0v) is 9.23. The van der Waals surface area contributed by atoms with Crippen molar-refractivity contribution in [1.82, 2.24) is 4.98 Å². The summed E-state index contributed by atoms with van der Waals surface area (Å²) in [6, 6.07) is 10.7. The molecular formula is C13H10N2O2. The lowest BCUT2D eigenvalue weighted by Crippen LogP contribution is -2.01. The minimum Gasteiger partial charge on any atom is -0.465 e. The van der Waals surface area contributed by atoms with Gasteiger partial charge in [0.05, 0.1) is 30.0 Å². The van der Waals surface area contributed by atoms with Gasteiger partial charge in [-0.1, -0.05) is 12.1 Å². The van der Waals surface area contributed by atoms with Gasteiger partial charge in [0, 0.05) is 6.20 Å². The number of nitrogens with zero attached hydrogens (tertiary/aromatic N) is 1. The van der Waals surface area contributed by atoms with Crippen molar-refractivity contribution in [3.8, 4) is 17.3 Å². The second-order valence-corrected chi connectivity index (χ2v) is 3.45. The van der Waals surface area contributed by atoms with Gasteiger partial charge in [0.15, 0.2) is 0 Å². The highest BCUT2D eigenvalue weighted by Gasteiger charge is 2.13. The van der Waals surface area contributed by atoms with Crippen molar-refractivity contribution >= 4 is 5.97 Å². The molecule has 0 aliphatic heterocycles. The monoisotopic (exact) mass is 226 g/mol. The zero-order valence-electron chi connectivity index (χ0n) is 9.23. The van der Waals surface area contributed by atoms with E-state index in [0.29, 0.717) is 16.8 Å². The third kappa shape index (κ3) is 2.04. The molecule has 4 heteroatoms. The molecule has 17 heavy (non-hydrogen) atoms. The summed E-state index contributed by atoms with van der Waals surface area (Å²) in [5, 5.41) is 8.71. The molecule has 1 aromatic carbocycles. The van der Waals surface area contributed by atoms with E-state index >= 15 is 0 Å². The van der Waals surface area contributed by atoms with Crippen LogP contribution in [0.3, 0.4) is 0 Å². The number of carbonyl (C=O) groups excluding carboxylic acids is 1. The molecule has 1 N–H and O–H groups in total. The molecule has 0 atom stereocenters. The Labute approximate surface area is 98.5 Å². The molecule has 0 amide bonds. The van der Waals surface area contributed by atoms with Crippen LogP contribution in [0.15, 0.2) is 36.5 Å². The Kier molecular flexibility index (Phi) is 2.93. The molecule has 1 aromatic heterocycles. The van der Waals surface area contributed by atoms with Crippen LogP contribution in [0.5, 0.6) is 0 Å². The van der Waals surface area contributed by atoms with Crippen LogP contribution in [0.4, 0.5) is 0 Å². The third-order valence-electron chi connectivity index (χ3n) is 2.45. The fourth-order valence-corrected chi connectivity index (χ4v) is 1.60. The molecule has 0 fully saturated rings. The number of H-pyrrole nitrogens is 1. The first-order valence-corrected chi connectivity index (χ1v) is 5.02. The Bertz CT molecular complexity index is 576. The maximum atomic E-state index is 11.5. The van der Waals surface area contributed by atoms with Gasteiger partial charge < -0.3 is 9.72 Å². The number of hydrogen-bond acceptors (Lipinski definition) is 3. The van der Waals surface area contributed by atoms with Crippen molar-refractivity contribution in [2.45, 2.75) is 0 Å². The van der Waals surface area contributed by atoms with Crippen LogP contribution < -0.4 is 0 Å². The van der Waals surface area contributed by atoms with Gasteiger partial charge in [-0.05, 0) is 23.8 Å². The van der Waals surface area contributed by atoms with Gasteiger partial charge in [0.2, 0.25) is 0 Å². The quantitative estimate of drug-likeness (QED) is 0.799. The van der Waals surface area contributed by atoms with Crippen molar-refractivity contribution < 1.29 is 9.53 Å². The second-order valence-electron chi connectivity index (χ2n) is 3.45. The third-order valence-corrected chi connectivity index (χ3v) is 2.45. The summed E-state index contributed by atoms with van der Waals surface area (Å²) in [7, 11) is 1.35. The summed E-state index contributed by atoms with van der Waals surface area (Å²) >= 11 is 0. The highest BCUT2D eigenvalue weighted by atomic mass is 16.5. The molecule has 0 spiro atoms. The molecule has 0 aliphatic rings. The molecule has 0 saturated carbocycles. The van der Waals surface area contributed by atoms with Crippen LogP contribution in [0, 0.1) is 11.3 Å². The van der Waals surface area contributed by atoms with Gasteiger partial charge >= 0.3 is 5.97 Å². The van der Waals surface area contributed by atoms with Crippen LogP contribution in [0.25, 0.3) is 11.3 Å². The van der Waals surface area contributed by atoms with Crippen LogP contribution in [-0.2, 0) is 4.74 Å². The Morgan fingerprint density at radius 3 is 2.59 bits per heavy atom. The van der Waals surface area contributed by atoms with Gasteiger partial charge in [0.25, 0.3) is 0 Å². The van der Waals surface area contributed by atoms with E-state index in [0.717, 1.165) is 5.56 Å². The number of nitrogens with one attached hydrogen (secondary N) is 1. The molecule has 0 saturated heterocycles. The van der Waals surface area contributed by atoms with Crippen LogP contribution >= 0.6 is 0 Å². The lowest BCUT2D eigenvalue weighted by Gasteiger charge is -2.02. The van der Waals surface area contributed by atoms with Gasteiger partial charge in [-0.25, -0.2) is 4.79 Å². The molecule has 84 valence electrons. The van der Waals surface area contributed by atoms with E-state index in [-0.39, 0.29) is 5.97 Å². The fraction of sp³-hybridized carbons (Fsp3) is 0.0769. The molecule has 0 unspecified atom stereocenters. The first kappa shape index (κ1) is 11.0. The Hall–Kier alpha value is -2.54. The summed E-state index contributed by atoms with van der Waals surface area (Å²) < 4.78 is 4.69. The van der Waals surface area contributed by atoms with Crippen LogP contribution in [0.2, 0.25) is 0 Å². The van der Waals surface area contributed by atoms with E-state index in [4.69, 9.17) is 10.00 Å². The van der Waals surface area contributed by atoms with Gasteiger partial charge in [0.1, 0.15) is 0 Å². The number of esters is 1. The first-order valence-electron chi connectivity index (χ1n) is 5.02. The van der Waals surface area contributed by atoms with Crippen molar-refractivity contribution in [2.24, 2.45) is 0 Å². The molecule has 4 nitrogen and oxygen atoms in total. The Balaban J connectivity index is 2.43. The molecule has 1 heterocycles. The average Bonchev–Trinajstić information content (AvgIpc) is 2.87. The number of carbonyl (C=O) groups is 1. The number of nitriles is 1. The number of ether oxygens (including phenoxy) is 1. The van der Waals surface area contributed by atoms with Crippen molar-refractivity contribution in [2.75, 3.05) is 7.11 Å². The molecule has 0 aliphatic carbocycles. The van der Waals surface area contributed by atoms with Crippen molar-refractivity contribution in [3.05, 3.63) is 47.7 Å². The number of rotatable bonds is 2. The van der Waals surface area contributed by atoms with E-state index in [9.17, 15) is 4.79 Å². The van der Waals surface area contributed by atoms with E-state index in [1.54, 1.807) is 36.5 Å². The summed E-state index contributed by atoms with van der Waals surface area (Å²) in [4.78, 5) is 14.5. The largest absolute Gasteiger partial charge is 0.465 e. The number of aromatic nitrogens is 1. The fourth-order valence-electron chi connectivity index (χ4n) is 1.60. The summed E-state index contributed by atoms with van der Waals surface area (Å²) in [6.45, 7) is 0. The van der Waals surface area contributed by atoms with Crippen LogP contribution in [-0.4, -0.2) is 18.1 Å². The van der Waals surface area contributed by atoms with Crippen molar-refractivity contribution in [1.29, 1.82) is 5.26 Å². The number of hydrogen-bond donors (Lipinski definition) is 1. The van der Waals surface area contributed by atoms with E-state index in [2.05, 4.69) is 4.98 Å². The normalized spacial score (nSPS) is 9.65. The first-order chi connectivity index (χ1) is 8.26. The summed E-state index contributed by atoms with van der Waals surface area (Å²) in [5.74, 6) is -0.384. The number of benzene rings is 1. The minimum atomic E-state index is -0.384. The van der Waals surface area contributed by atoms with E-state index in [1.165, 1.54) is 7.11 Å². The Morgan fingerprint density at radius 2 is 2.00 bits per heavy atom. The Morgan fingerprint density at radius 1 is 1.29 bits per heavy atom. The lowest BCUT2D eigenvalue weighted by molar-refractivity contribution is 0.0602. The molecular weight excluding hydrogens is 216 g/mol. The standard InChI is InChI=1S/C13H10N2O2/c1-17-13(16)11-6-7-15-12(11)10-4-2-9(8-14)3-5-10/h2-7,15H,1H3. The zero-order chi connectivity index (χ0) is 12.3. The average molecular weight is 226 g/mol. The van der Waals surface area contributed by atoms with Gasteiger partial charge in [-0.15, -0.1) is 0 Å². The summed E-state index contributed by atoms with van der Waals surface area (Å²) in [6.07, 6.45) is 1.68. The number of methoxy groups -OCH3 is 1. The summed E-state index contributed by atoms with van der Waals surface area (Å²) in [5.41, 5.74) is 2.60. The number of aromatic amines is 1. The highest BCUT2D eigenvalue weighted by molar-refractivity contribution is 5.96. The van der Waals surface area contributed by atoms with Gasteiger partial charge in [-0.2, -0.15) is 5.26 Å². The topological polar surface area (TPSA) is 65.9 Å². The highest BCUT2D eigenvalue weighted by Crippen LogP contribution is 2.22. The van der Waals surface area contributed by atoms with Crippen molar-refractivity contribution in [3.63, 3.8) is 0 Å². The lowest BCUT2D eigenvalue weighted by atomic mass is 10.1. The van der Waals surface area contributed by atoms with Gasteiger partial charge in [-0.3, -0.25) is 0 Å². The molecule has 2 aromatic rings. The van der Waals surface area contributed by atoms with E-state index in [1.807, 2.05) is 6.07 Å². The smallest absolute Gasteiger partial charge is 0.340 e. The maximum Gasteiger partial charge on any atom is 0.340 e. The van der Waals surface area contributed by atoms with Crippen LogP contribution in [0.1, 0.15) is 15.9 Å². The maximum absolute atomic E-state index is 11.5. The molecule has 0 bridgehead atoms. The second kappa shape index (κ2) is 4.54.